The summed E-state index contributed by atoms with van der Waals surface area (Å²) in [6, 6.07) is 0.829. The van der Waals surface area contributed by atoms with Crippen LogP contribution in [0, 0.1) is 18.8 Å². The van der Waals surface area contributed by atoms with Crippen molar-refractivity contribution in [1.29, 1.82) is 0 Å². The zero-order valence-corrected chi connectivity index (χ0v) is 19.2. The zero-order chi connectivity index (χ0) is 26.5. The predicted molar refractivity (Wildman–Crippen MR) is 115 cm³/mol. The fourth-order valence-corrected chi connectivity index (χ4v) is 3.98. The second kappa shape index (κ2) is 11.3. The number of aromatic nitrogens is 2. The van der Waals surface area contributed by atoms with Gasteiger partial charge in [-0.15, -0.1) is 0 Å². The molecule has 1 heterocycles. The lowest BCUT2D eigenvalue weighted by molar-refractivity contribution is -0.143. The highest BCUT2D eigenvalue weighted by atomic mass is 19.4. The second-order valence-electron chi connectivity index (χ2n) is 8.77. The van der Waals surface area contributed by atoms with Gasteiger partial charge in [0, 0.05) is 12.1 Å². The van der Waals surface area contributed by atoms with Gasteiger partial charge in [-0.25, -0.2) is 4.63 Å². The number of hydrogen-bond donors (Lipinski definition) is 3. The molecule has 3 rings (SSSR count). The van der Waals surface area contributed by atoms with Crippen molar-refractivity contribution < 1.29 is 40.6 Å². The van der Waals surface area contributed by atoms with Crippen LogP contribution in [-0.4, -0.2) is 41.8 Å². The number of rotatable bonds is 8. The van der Waals surface area contributed by atoms with Crippen LogP contribution in [0.4, 0.5) is 32.2 Å². The summed E-state index contributed by atoms with van der Waals surface area (Å²) in [7, 11) is 0. The number of aryl methyl sites for hydroxylation is 1. The number of nitrogens with one attached hydrogen (secondary N) is 3. The van der Waals surface area contributed by atoms with E-state index in [1.807, 2.05) is 0 Å². The predicted octanol–water partition coefficient (Wildman–Crippen LogP) is 4.18. The monoisotopic (exact) mass is 521 g/mol. The molecule has 1 aromatic carbocycles. The molecule has 3 N–H and O–H groups in total. The highest BCUT2D eigenvalue weighted by Gasteiger charge is 2.37. The van der Waals surface area contributed by atoms with Crippen LogP contribution in [0.15, 0.2) is 22.8 Å². The van der Waals surface area contributed by atoms with Crippen LogP contribution in [0.3, 0.4) is 0 Å². The lowest BCUT2D eigenvalue weighted by atomic mass is 9.82. The first-order valence-electron chi connectivity index (χ1n) is 11.2. The number of halogens is 6. The molecule has 0 radical (unpaired) electrons. The third-order valence-corrected chi connectivity index (χ3v) is 6.00. The Kier molecular flexibility index (Phi) is 8.59. The molecule has 8 nitrogen and oxygen atoms in total. The minimum absolute atomic E-state index is 0.0116. The lowest BCUT2D eigenvalue weighted by Gasteiger charge is -2.28. The van der Waals surface area contributed by atoms with E-state index in [4.69, 9.17) is 0 Å². The van der Waals surface area contributed by atoms with E-state index < -0.39 is 35.0 Å². The molecular formula is C22H25F6N5O3. The average molecular weight is 521 g/mol. The summed E-state index contributed by atoms with van der Waals surface area (Å²) in [4.78, 5) is 24.3. The van der Waals surface area contributed by atoms with Gasteiger partial charge < -0.3 is 16.0 Å². The van der Waals surface area contributed by atoms with Crippen molar-refractivity contribution in [2.45, 2.75) is 45.0 Å². The van der Waals surface area contributed by atoms with E-state index in [-0.39, 0.29) is 42.7 Å². The van der Waals surface area contributed by atoms with Gasteiger partial charge in [0.1, 0.15) is 5.69 Å². The molecule has 198 valence electrons. The minimum Gasteiger partial charge on any atom is -0.352 e. The first kappa shape index (κ1) is 27.4. The van der Waals surface area contributed by atoms with Crippen LogP contribution in [0.5, 0.6) is 0 Å². The Hall–Kier alpha value is -3.16. The number of benzene rings is 1. The van der Waals surface area contributed by atoms with Gasteiger partial charge >= 0.3 is 12.4 Å². The molecule has 0 bridgehead atoms. The van der Waals surface area contributed by atoms with E-state index >= 15 is 0 Å². The van der Waals surface area contributed by atoms with Crippen LogP contribution in [0.2, 0.25) is 0 Å². The molecule has 2 aromatic rings. The van der Waals surface area contributed by atoms with E-state index in [0.29, 0.717) is 24.4 Å². The average Bonchev–Trinajstić information content (AvgIpc) is 3.21. The number of alkyl halides is 6. The Morgan fingerprint density at radius 2 is 1.47 bits per heavy atom. The van der Waals surface area contributed by atoms with Gasteiger partial charge in [-0.05, 0) is 74.3 Å². The zero-order valence-electron chi connectivity index (χ0n) is 19.2. The Balaban J connectivity index is 1.43. The van der Waals surface area contributed by atoms with Crippen LogP contribution in [0.1, 0.15) is 52.9 Å². The van der Waals surface area contributed by atoms with Crippen molar-refractivity contribution in [2.75, 3.05) is 25.0 Å². The minimum atomic E-state index is -5.02. The lowest BCUT2D eigenvalue weighted by Crippen LogP contribution is -2.35. The summed E-state index contributed by atoms with van der Waals surface area (Å²) in [5.41, 5.74) is -3.29. The molecule has 1 aliphatic carbocycles. The molecule has 1 saturated carbocycles. The van der Waals surface area contributed by atoms with E-state index in [1.54, 1.807) is 6.92 Å². The molecule has 14 heteroatoms. The van der Waals surface area contributed by atoms with Crippen LogP contribution >= 0.6 is 0 Å². The topological polar surface area (TPSA) is 109 Å². The maximum Gasteiger partial charge on any atom is 0.416 e. The van der Waals surface area contributed by atoms with Crippen LogP contribution < -0.4 is 16.0 Å². The van der Waals surface area contributed by atoms with Crippen molar-refractivity contribution in [3.63, 3.8) is 0 Å². The molecule has 0 saturated heterocycles. The van der Waals surface area contributed by atoms with Crippen molar-refractivity contribution in [3.05, 3.63) is 40.6 Å². The summed E-state index contributed by atoms with van der Waals surface area (Å²) < 4.78 is 82.6. The van der Waals surface area contributed by atoms with Crippen molar-refractivity contribution in [3.8, 4) is 0 Å². The Bertz CT molecular complexity index is 1030. The third kappa shape index (κ3) is 7.67. The van der Waals surface area contributed by atoms with E-state index in [0.717, 1.165) is 25.7 Å². The standard InChI is InChI=1S/C22H25F6N5O3/c1-12-19(33-36-32-12)31-18(34)11-29-9-13-2-4-14(5-3-13)10-30-20(35)15-6-16(21(23,24)25)8-17(7-15)22(26,27)28/h6-8,13-14,29H,2-5,9-11H2,1H3,(H,30,35)(H,31,33,34)/t13-,14-. The molecule has 0 unspecified atom stereocenters. The highest BCUT2D eigenvalue weighted by molar-refractivity contribution is 5.94. The number of anilines is 1. The van der Waals surface area contributed by atoms with Gasteiger partial charge in [-0.1, -0.05) is 5.16 Å². The summed E-state index contributed by atoms with van der Waals surface area (Å²) in [5.74, 6) is -0.696. The van der Waals surface area contributed by atoms with Gasteiger partial charge in [-0.3, -0.25) is 9.59 Å². The number of nitrogens with zero attached hydrogens (tertiary/aromatic N) is 2. The second-order valence-corrected chi connectivity index (χ2v) is 8.77. The fraction of sp³-hybridized carbons (Fsp3) is 0.545. The summed E-state index contributed by atoms with van der Waals surface area (Å²) in [6.45, 7) is 2.44. The van der Waals surface area contributed by atoms with Crippen molar-refractivity contribution in [2.24, 2.45) is 11.8 Å². The number of hydrogen-bond acceptors (Lipinski definition) is 6. The molecule has 0 aliphatic heterocycles. The molecular weight excluding hydrogens is 496 g/mol. The van der Waals surface area contributed by atoms with Gasteiger partial charge in [-0.2, -0.15) is 26.3 Å². The Labute approximate surface area is 202 Å². The van der Waals surface area contributed by atoms with Gasteiger partial charge in [0.15, 0.2) is 5.82 Å². The summed E-state index contributed by atoms with van der Waals surface area (Å²) >= 11 is 0. The Morgan fingerprint density at radius 3 is 1.97 bits per heavy atom. The fourth-order valence-electron chi connectivity index (χ4n) is 3.98. The number of amides is 2. The molecule has 36 heavy (non-hydrogen) atoms. The van der Waals surface area contributed by atoms with Gasteiger partial charge in [0.2, 0.25) is 5.91 Å². The van der Waals surface area contributed by atoms with E-state index in [1.165, 1.54) is 0 Å². The Morgan fingerprint density at radius 1 is 0.917 bits per heavy atom. The normalized spacial score (nSPS) is 18.6. The molecule has 1 aromatic heterocycles. The summed E-state index contributed by atoms with van der Waals surface area (Å²) in [6.07, 6.45) is -7.00. The maximum absolute atomic E-state index is 13.0. The van der Waals surface area contributed by atoms with Crippen molar-refractivity contribution in [1.82, 2.24) is 20.9 Å². The largest absolute Gasteiger partial charge is 0.416 e. The molecule has 0 spiro atoms. The highest BCUT2D eigenvalue weighted by Crippen LogP contribution is 2.36. The molecule has 0 atom stereocenters. The maximum atomic E-state index is 13.0. The summed E-state index contributed by atoms with van der Waals surface area (Å²) in [5, 5.41) is 15.2. The van der Waals surface area contributed by atoms with Crippen LogP contribution in [0.25, 0.3) is 0 Å². The smallest absolute Gasteiger partial charge is 0.352 e. The quantitative estimate of drug-likeness (QED) is 0.450. The van der Waals surface area contributed by atoms with Crippen LogP contribution in [-0.2, 0) is 17.1 Å². The van der Waals surface area contributed by atoms with E-state index in [2.05, 4.69) is 30.9 Å². The van der Waals surface area contributed by atoms with Gasteiger partial charge in [0.05, 0.1) is 17.7 Å². The first-order chi connectivity index (χ1) is 16.8. The van der Waals surface area contributed by atoms with Gasteiger partial charge in [0.25, 0.3) is 5.91 Å². The molecule has 1 aliphatic rings. The van der Waals surface area contributed by atoms with E-state index in [9.17, 15) is 35.9 Å². The SMILES string of the molecule is Cc1nonc1NC(=O)CNC[C@H]1CC[C@H](CNC(=O)c2cc(C(F)(F)F)cc(C(F)(F)F)c2)CC1. The third-order valence-electron chi connectivity index (χ3n) is 6.00. The molecule has 1 fully saturated rings. The molecule has 2 amide bonds. The number of carbonyl (C=O) groups excluding carboxylic acids is 2. The first-order valence-corrected chi connectivity index (χ1v) is 11.2. The number of carbonyl (C=O) groups is 2. The van der Waals surface area contributed by atoms with Crippen molar-refractivity contribution >= 4 is 17.6 Å².